The van der Waals surface area contributed by atoms with Crippen molar-refractivity contribution in [3.63, 3.8) is 0 Å². The molecule has 6 nitrogen and oxygen atoms in total. The van der Waals surface area contributed by atoms with Crippen molar-refractivity contribution in [2.75, 3.05) is 23.8 Å². The van der Waals surface area contributed by atoms with Crippen LogP contribution in [-0.4, -0.2) is 24.1 Å². The van der Waals surface area contributed by atoms with Gasteiger partial charge in [0.25, 0.3) is 5.91 Å². The van der Waals surface area contributed by atoms with Crippen LogP contribution in [0.3, 0.4) is 0 Å². The van der Waals surface area contributed by atoms with Crippen LogP contribution in [-0.2, 0) is 0 Å². The molecule has 1 aromatic heterocycles. The number of nitrogens with one attached hydrogen (secondary N) is 2. The Kier molecular flexibility index (Phi) is 4.76. The van der Waals surface area contributed by atoms with Crippen LogP contribution in [0.25, 0.3) is 0 Å². The van der Waals surface area contributed by atoms with Crippen molar-refractivity contribution in [2.24, 2.45) is 0 Å². The predicted molar refractivity (Wildman–Crippen MR) is 99.3 cm³/mol. The van der Waals surface area contributed by atoms with Gasteiger partial charge in [-0.2, -0.15) is 0 Å². The molecule has 3 aromatic rings. The molecule has 0 bridgehead atoms. The normalized spacial score (nSPS) is 12.4. The fourth-order valence-electron chi connectivity index (χ4n) is 2.70. The predicted octanol–water partition coefficient (Wildman–Crippen LogP) is 4.13. The standard InChI is InChI=1S/C20H15F2N3O3/c21-12-1-3-16(15(22)9-12)24-14-5-6-23-17(10-14)20(26)25-13-2-4-18-19(11-13)28-8-7-27-18/h1-6,9-11H,7-8H2,(H,23,24)(H,25,26). The van der Waals surface area contributed by atoms with E-state index in [1.165, 1.54) is 18.3 Å². The van der Waals surface area contributed by atoms with E-state index in [4.69, 9.17) is 9.47 Å². The van der Waals surface area contributed by atoms with Crippen LogP contribution in [0.2, 0.25) is 0 Å². The molecule has 0 saturated heterocycles. The highest BCUT2D eigenvalue weighted by atomic mass is 19.1. The van der Waals surface area contributed by atoms with Crippen LogP contribution in [0, 0.1) is 11.6 Å². The largest absolute Gasteiger partial charge is 0.486 e. The first-order valence-electron chi connectivity index (χ1n) is 8.47. The highest BCUT2D eigenvalue weighted by Gasteiger charge is 2.14. The first-order valence-corrected chi connectivity index (χ1v) is 8.47. The van der Waals surface area contributed by atoms with Gasteiger partial charge in [0, 0.05) is 29.7 Å². The Morgan fingerprint density at radius 1 is 0.929 bits per heavy atom. The van der Waals surface area contributed by atoms with Gasteiger partial charge < -0.3 is 20.1 Å². The van der Waals surface area contributed by atoms with Crippen LogP contribution >= 0.6 is 0 Å². The molecule has 0 spiro atoms. The maximum atomic E-state index is 13.8. The summed E-state index contributed by atoms with van der Waals surface area (Å²) in [5, 5.41) is 5.53. The molecule has 0 aliphatic carbocycles. The molecule has 2 aromatic carbocycles. The summed E-state index contributed by atoms with van der Waals surface area (Å²) < 4.78 is 37.8. The third kappa shape index (κ3) is 3.85. The van der Waals surface area contributed by atoms with Crippen molar-refractivity contribution in [1.29, 1.82) is 0 Å². The van der Waals surface area contributed by atoms with Gasteiger partial charge in [-0.15, -0.1) is 0 Å². The Balaban J connectivity index is 1.50. The third-order valence-electron chi connectivity index (χ3n) is 4.00. The molecule has 28 heavy (non-hydrogen) atoms. The number of ether oxygens (including phenoxy) is 2. The van der Waals surface area contributed by atoms with E-state index in [0.717, 1.165) is 12.1 Å². The molecule has 0 fully saturated rings. The number of rotatable bonds is 4. The van der Waals surface area contributed by atoms with Crippen molar-refractivity contribution >= 4 is 23.0 Å². The molecule has 2 heterocycles. The molecule has 142 valence electrons. The molecule has 2 N–H and O–H groups in total. The number of hydrogen-bond acceptors (Lipinski definition) is 5. The highest BCUT2D eigenvalue weighted by molar-refractivity contribution is 6.03. The molecule has 4 rings (SSSR count). The topological polar surface area (TPSA) is 72.5 Å². The summed E-state index contributed by atoms with van der Waals surface area (Å²) in [7, 11) is 0. The van der Waals surface area contributed by atoms with Crippen LogP contribution in [0.5, 0.6) is 11.5 Å². The van der Waals surface area contributed by atoms with Gasteiger partial charge in [-0.3, -0.25) is 9.78 Å². The average molecular weight is 383 g/mol. The molecular weight excluding hydrogens is 368 g/mol. The number of nitrogens with zero attached hydrogens (tertiary/aromatic N) is 1. The quantitative estimate of drug-likeness (QED) is 0.709. The maximum absolute atomic E-state index is 13.8. The zero-order valence-electron chi connectivity index (χ0n) is 14.5. The molecule has 0 radical (unpaired) electrons. The lowest BCUT2D eigenvalue weighted by atomic mass is 10.2. The lowest BCUT2D eigenvalue weighted by molar-refractivity contribution is 0.102. The van der Waals surface area contributed by atoms with Gasteiger partial charge >= 0.3 is 0 Å². The first kappa shape index (κ1) is 17.7. The molecule has 8 heteroatoms. The fourth-order valence-corrected chi connectivity index (χ4v) is 2.70. The first-order chi connectivity index (χ1) is 13.6. The van der Waals surface area contributed by atoms with Crippen molar-refractivity contribution in [1.82, 2.24) is 4.98 Å². The van der Waals surface area contributed by atoms with Gasteiger partial charge in [-0.1, -0.05) is 0 Å². The monoisotopic (exact) mass is 383 g/mol. The number of pyridine rings is 1. The van der Waals surface area contributed by atoms with Gasteiger partial charge in [0.15, 0.2) is 11.5 Å². The van der Waals surface area contributed by atoms with Crippen LogP contribution < -0.4 is 20.1 Å². The number of halogens is 2. The lowest BCUT2D eigenvalue weighted by Crippen LogP contribution is -2.17. The Hall–Kier alpha value is -3.68. The summed E-state index contributed by atoms with van der Waals surface area (Å²) in [6.07, 6.45) is 1.42. The number of amides is 1. The molecular formula is C20H15F2N3O3. The van der Waals surface area contributed by atoms with Gasteiger partial charge in [0.05, 0.1) is 5.69 Å². The van der Waals surface area contributed by atoms with Gasteiger partial charge in [0.2, 0.25) is 0 Å². The van der Waals surface area contributed by atoms with E-state index in [1.54, 1.807) is 24.3 Å². The minimum Gasteiger partial charge on any atom is -0.486 e. The van der Waals surface area contributed by atoms with Crippen LogP contribution in [0.1, 0.15) is 10.5 Å². The van der Waals surface area contributed by atoms with E-state index < -0.39 is 17.5 Å². The molecule has 1 amide bonds. The van der Waals surface area contributed by atoms with E-state index >= 15 is 0 Å². The summed E-state index contributed by atoms with van der Waals surface area (Å²) in [6, 6.07) is 11.3. The summed E-state index contributed by atoms with van der Waals surface area (Å²) in [5.41, 5.74) is 1.18. The van der Waals surface area contributed by atoms with Crippen molar-refractivity contribution in [2.45, 2.75) is 0 Å². The Morgan fingerprint density at radius 3 is 2.57 bits per heavy atom. The molecule has 1 aliphatic rings. The second-order valence-corrected chi connectivity index (χ2v) is 5.99. The maximum Gasteiger partial charge on any atom is 0.274 e. The van der Waals surface area contributed by atoms with E-state index in [9.17, 15) is 13.6 Å². The van der Waals surface area contributed by atoms with Gasteiger partial charge in [-0.05, 0) is 36.4 Å². The highest BCUT2D eigenvalue weighted by Crippen LogP contribution is 2.32. The summed E-state index contributed by atoms with van der Waals surface area (Å²) >= 11 is 0. The van der Waals surface area contributed by atoms with Crippen molar-refractivity contribution in [3.8, 4) is 11.5 Å². The number of hydrogen-bond donors (Lipinski definition) is 2. The Labute approximate surface area is 159 Å². The zero-order chi connectivity index (χ0) is 19.5. The molecule has 0 atom stereocenters. The van der Waals surface area contributed by atoms with Crippen LogP contribution in [0.15, 0.2) is 54.7 Å². The SMILES string of the molecule is O=C(Nc1ccc2c(c1)OCCO2)c1cc(Nc2ccc(F)cc2F)ccn1. The van der Waals surface area contributed by atoms with E-state index in [2.05, 4.69) is 15.6 Å². The van der Waals surface area contributed by atoms with Crippen molar-refractivity contribution < 1.29 is 23.0 Å². The van der Waals surface area contributed by atoms with E-state index in [0.29, 0.717) is 36.1 Å². The summed E-state index contributed by atoms with van der Waals surface area (Å²) in [5.74, 6) is -0.676. The number of benzene rings is 2. The number of carbonyl (C=O) groups is 1. The average Bonchev–Trinajstić information content (AvgIpc) is 2.70. The number of aromatic nitrogens is 1. The summed E-state index contributed by atoms with van der Waals surface area (Å²) in [6.45, 7) is 0.927. The second-order valence-electron chi connectivity index (χ2n) is 5.99. The van der Waals surface area contributed by atoms with Crippen molar-refractivity contribution in [3.05, 3.63) is 72.1 Å². The second kappa shape index (κ2) is 7.51. The minimum absolute atomic E-state index is 0.0887. The minimum atomic E-state index is -0.737. The number of carbonyl (C=O) groups excluding carboxylic acids is 1. The van der Waals surface area contributed by atoms with Crippen LogP contribution in [0.4, 0.5) is 25.8 Å². The van der Waals surface area contributed by atoms with E-state index in [-0.39, 0.29) is 11.4 Å². The van der Waals surface area contributed by atoms with Gasteiger partial charge in [0.1, 0.15) is 30.5 Å². The molecule has 0 saturated carbocycles. The molecule has 0 unspecified atom stereocenters. The smallest absolute Gasteiger partial charge is 0.274 e. The van der Waals surface area contributed by atoms with Gasteiger partial charge in [-0.25, -0.2) is 8.78 Å². The number of anilines is 3. The number of fused-ring (bicyclic) bond motifs is 1. The molecule has 1 aliphatic heterocycles. The Morgan fingerprint density at radius 2 is 1.75 bits per heavy atom. The van der Waals surface area contributed by atoms with E-state index in [1.807, 2.05) is 0 Å². The Bertz CT molecular complexity index is 1040. The fraction of sp³-hybridized carbons (Fsp3) is 0.100. The lowest BCUT2D eigenvalue weighted by Gasteiger charge is -2.19. The zero-order valence-corrected chi connectivity index (χ0v) is 14.5. The third-order valence-corrected chi connectivity index (χ3v) is 4.00. The summed E-state index contributed by atoms with van der Waals surface area (Å²) in [4.78, 5) is 16.5.